The van der Waals surface area contributed by atoms with Crippen LogP contribution in [0.25, 0.3) is 0 Å². The van der Waals surface area contributed by atoms with Gasteiger partial charge in [-0.05, 0) is 44.2 Å². The second-order valence-electron chi connectivity index (χ2n) is 4.92. The van der Waals surface area contributed by atoms with Crippen molar-refractivity contribution < 1.29 is 14.3 Å². The third-order valence-corrected chi connectivity index (χ3v) is 3.20. The minimum absolute atomic E-state index is 0.0755. The molecule has 4 nitrogen and oxygen atoms in total. The lowest BCUT2D eigenvalue weighted by molar-refractivity contribution is 0.101. The number of hydrogen-bond donors (Lipinski definition) is 1. The van der Waals surface area contributed by atoms with Crippen molar-refractivity contribution in [1.82, 2.24) is 0 Å². The number of benzene rings is 2. The van der Waals surface area contributed by atoms with Crippen LogP contribution in [0, 0.1) is 6.92 Å². The molecule has 0 unspecified atom stereocenters. The fraction of sp³-hybridized carbons (Fsp3) is 0.235. The summed E-state index contributed by atoms with van der Waals surface area (Å²) in [5.74, 6) is 1.22. The van der Waals surface area contributed by atoms with Crippen LogP contribution in [0.15, 0.2) is 36.4 Å². The number of aryl methyl sites for hydroxylation is 1. The number of ether oxygens (including phenoxy) is 2. The molecular formula is C17H19NO3. The molecule has 4 heteroatoms. The molecule has 0 aliphatic heterocycles. The summed E-state index contributed by atoms with van der Waals surface area (Å²) >= 11 is 0. The van der Waals surface area contributed by atoms with Crippen LogP contribution >= 0.6 is 0 Å². The molecule has 0 atom stereocenters. The van der Waals surface area contributed by atoms with Gasteiger partial charge in [-0.3, -0.25) is 4.79 Å². The summed E-state index contributed by atoms with van der Waals surface area (Å²) in [7, 11) is 1.62. The Kier molecular flexibility index (Phi) is 4.48. The van der Waals surface area contributed by atoms with E-state index in [0.717, 1.165) is 16.9 Å². The maximum absolute atomic E-state index is 11.6. The van der Waals surface area contributed by atoms with E-state index in [2.05, 4.69) is 0 Å². The minimum atomic E-state index is -0.0755. The number of rotatable bonds is 5. The van der Waals surface area contributed by atoms with E-state index >= 15 is 0 Å². The molecule has 0 aliphatic rings. The van der Waals surface area contributed by atoms with Gasteiger partial charge in [-0.2, -0.15) is 0 Å². The molecule has 0 bridgehead atoms. The summed E-state index contributed by atoms with van der Waals surface area (Å²) in [5.41, 5.74) is 8.80. The van der Waals surface area contributed by atoms with Gasteiger partial charge < -0.3 is 15.2 Å². The molecule has 110 valence electrons. The summed E-state index contributed by atoms with van der Waals surface area (Å²) in [4.78, 5) is 11.6. The Morgan fingerprint density at radius 1 is 1.14 bits per heavy atom. The third-order valence-electron chi connectivity index (χ3n) is 3.20. The van der Waals surface area contributed by atoms with Gasteiger partial charge in [0.2, 0.25) is 0 Å². The molecule has 0 saturated carbocycles. The van der Waals surface area contributed by atoms with Gasteiger partial charge in [0.1, 0.15) is 18.1 Å². The SMILES string of the molecule is COc1ccc(C)cc1COc1ccc(N)cc1C(C)=O. The van der Waals surface area contributed by atoms with E-state index in [1.54, 1.807) is 25.3 Å². The highest BCUT2D eigenvalue weighted by atomic mass is 16.5. The number of ketones is 1. The topological polar surface area (TPSA) is 61.6 Å². The number of Topliss-reactive ketones (excluding diaryl/α,β-unsaturated/α-hetero) is 1. The summed E-state index contributed by atoms with van der Waals surface area (Å²) < 4.78 is 11.1. The van der Waals surface area contributed by atoms with Gasteiger partial charge in [-0.25, -0.2) is 0 Å². The van der Waals surface area contributed by atoms with Crippen LogP contribution in [0.2, 0.25) is 0 Å². The zero-order valence-electron chi connectivity index (χ0n) is 12.5. The van der Waals surface area contributed by atoms with E-state index in [1.807, 2.05) is 25.1 Å². The van der Waals surface area contributed by atoms with Gasteiger partial charge in [-0.15, -0.1) is 0 Å². The molecule has 0 fully saturated rings. The Morgan fingerprint density at radius 2 is 1.86 bits per heavy atom. The minimum Gasteiger partial charge on any atom is -0.496 e. The van der Waals surface area contributed by atoms with Crippen molar-refractivity contribution in [3.63, 3.8) is 0 Å². The highest BCUT2D eigenvalue weighted by molar-refractivity contribution is 5.97. The molecular weight excluding hydrogens is 266 g/mol. The highest BCUT2D eigenvalue weighted by Gasteiger charge is 2.11. The molecule has 0 radical (unpaired) electrons. The van der Waals surface area contributed by atoms with Crippen molar-refractivity contribution in [3.05, 3.63) is 53.1 Å². The van der Waals surface area contributed by atoms with Gasteiger partial charge in [0.15, 0.2) is 5.78 Å². The zero-order chi connectivity index (χ0) is 15.4. The van der Waals surface area contributed by atoms with Crippen LogP contribution in [0.3, 0.4) is 0 Å². The monoisotopic (exact) mass is 285 g/mol. The molecule has 2 aromatic rings. The van der Waals surface area contributed by atoms with E-state index in [4.69, 9.17) is 15.2 Å². The van der Waals surface area contributed by atoms with Crippen molar-refractivity contribution >= 4 is 11.5 Å². The molecule has 0 saturated heterocycles. The molecule has 2 rings (SSSR count). The number of carbonyl (C=O) groups excluding carboxylic acids is 1. The van der Waals surface area contributed by atoms with Crippen LogP contribution in [0.5, 0.6) is 11.5 Å². The number of anilines is 1. The summed E-state index contributed by atoms with van der Waals surface area (Å²) in [6.07, 6.45) is 0. The highest BCUT2D eigenvalue weighted by Crippen LogP contribution is 2.25. The van der Waals surface area contributed by atoms with Crippen LogP contribution in [-0.4, -0.2) is 12.9 Å². The molecule has 2 aromatic carbocycles. The fourth-order valence-electron chi connectivity index (χ4n) is 2.12. The number of methoxy groups -OCH3 is 1. The van der Waals surface area contributed by atoms with Gasteiger partial charge >= 0.3 is 0 Å². The zero-order valence-corrected chi connectivity index (χ0v) is 12.5. The second-order valence-corrected chi connectivity index (χ2v) is 4.92. The third kappa shape index (κ3) is 3.54. The van der Waals surface area contributed by atoms with Gasteiger partial charge in [-0.1, -0.05) is 11.6 Å². The van der Waals surface area contributed by atoms with E-state index in [0.29, 0.717) is 23.6 Å². The van der Waals surface area contributed by atoms with E-state index < -0.39 is 0 Å². The quantitative estimate of drug-likeness (QED) is 0.676. The standard InChI is InChI=1S/C17H19NO3/c1-11-4-6-16(20-3)13(8-11)10-21-17-7-5-14(18)9-15(17)12(2)19/h4-9H,10,18H2,1-3H3. The normalized spacial score (nSPS) is 10.2. The number of nitrogens with two attached hydrogens (primary N) is 1. The van der Waals surface area contributed by atoms with Crippen LogP contribution in [0.4, 0.5) is 5.69 Å². The molecule has 21 heavy (non-hydrogen) atoms. The van der Waals surface area contributed by atoms with Crippen molar-refractivity contribution in [2.45, 2.75) is 20.5 Å². The van der Waals surface area contributed by atoms with Gasteiger partial charge in [0.05, 0.1) is 12.7 Å². The number of nitrogen functional groups attached to an aromatic ring is 1. The lowest BCUT2D eigenvalue weighted by Crippen LogP contribution is -2.04. The molecule has 0 aliphatic carbocycles. The largest absolute Gasteiger partial charge is 0.496 e. The average Bonchev–Trinajstić information content (AvgIpc) is 2.46. The van der Waals surface area contributed by atoms with Crippen molar-refractivity contribution in [2.75, 3.05) is 12.8 Å². The Labute approximate surface area is 124 Å². The maximum atomic E-state index is 11.6. The maximum Gasteiger partial charge on any atom is 0.163 e. The molecule has 0 heterocycles. The molecule has 0 aromatic heterocycles. The summed E-state index contributed by atoms with van der Waals surface area (Å²) in [5, 5.41) is 0. The van der Waals surface area contributed by atoms with E-state index in [1.165, 1.54) is 6.92 Å². The van der Waals surface area contributed by atoms with Crippen molar-refractivity contribution in [3.8, 4) is 11.5 Å². The van der Waals surface area contributed by atoms with Gasteiger partial charge in [0.25, 0.3) is 0 Å². The first-order chi connectivity index (χ1) is 10.0. The van der Waals surface area contributed by atoms with Crippen LogP contribution < -0.4 is 15.2 Å². The second kappa shape index (κ2) is 6.31. The number of carbonyl (C=O) groups is 1. The lowest BCUT2D eigenvalue weighted by atomic mass is 10.1. The summed E-state index contributed by atoms with van der Waals surface area (Å²) in [6.45, 7) is 3.83. The molecule has 0 amide bonds. The molecule has 2 N–H and O–H groups in total. The van der Waals surface area contributed by atoms with Crippen LogP contribution in [0.1, 0.15) is 28.4 Å². The average molecular weight is 285 g/mol. The van der Waals surface area contributed by atoms with E-state index in [-0.39, 0.29) is 5.78 Å². The fourth-order valence-corrected chi connectivity index (χ4v) is 2.12. The smallest absolute Gasteiger partial charge is 0.163 e. The summed E-state index contributed by atoms with van der Waals surface area (Å²) in [6, 6.07) is 11.0. The van der Waals surface area contributed by atoms with Crippen molar-refractivity contribution in [1.29, 1.82) is 0 Å². The first kappa shape index (κ1) is 14.9. The Balaban J connectivity index is 2.24. The Morgan fingerprint density at radius 3 is 2.52 bits per heavy atom. The first-order valence-corrected chi connectivity index (χ1v) is 6.68. The molecule has 0 spiro atoms. The lowest BCUT2D eigenvalue weighted by Gasteiger charge is -2.13. The number of hydrogen-bond acceptors (Lipinski definition) is 4. The van der Waals surface area contributed by atoms with Crippen molar-refractivity contribution in [2.24, 2.45) is 0 Å². The van der Waals surface area contributed by atoms with Crippen LogP contribution in [-0.2, 0) is 6.61 Å². The first-order valence-electron chi connectivity index (χ1n) is 6.68. The van der Waals surface area contributed by atoms with E-state index in [9.17, 15) is 4.79 Å². The predicted molar refractivity (Wildman–Crippen MR) is 82.9 cm³/mol. The predicted octanol–water partition coefficient (Wildman–Crippen LogP) is 3.37. The Hall–Kier alpha value is -2.49. The van der Waals surface area contributed by atoms with Gasteiger partial charge in [0, 0.05) is 11.3 Å². The Bertz CT molecular complexity index is 665.